The summed E-state index contributed by atoms with van der Waals surface area (Å²) in [5.41, 5.74) is 5.46. The standard InChI is InChI=1S/C21H38N8O3/c1-5-7-8-9-17(14-29(32)15-30)19(31)25-26-20-22-18(16(3)4)23-21(24-20)28-12-10-27(6-2)11-13-28/h15-17,32H,5-14H2,1-4H3,(H,25,31)(H,22,23,24,26). The third-order valence-corrected chi connectivity index (χ3v) is 5.61. The first kappa shape index (κ1) is 25.7. The maximum Gasteiger partial charge on any atom is 0.246 e. The number of hydrazine groups is 1. The molecule has 32 heavy (non-hydrogen) atoms. The van der Waals surface area contributed by atoms with E-state index < -0.39 is 5.92 Å². The number of hydroxylamine groups is 2. The summed E-state index contributed by atoms with van der Waals surface area (Å²) < 4.78 is 0. The Morgan fingerprint density at radius 1 is 1.16 bits per heavy atom. The highest BCUT2D eigenvalue weighted by Gasteiger charge is 2.23. The van der Waals surface area contributed by atoms with Gasteiger partial charge >= 0.3 is 0 Å². The molecule has 0 spiro atoms. The minimum Gasteiger partial charge on any atom is -0.338 e. The molecule has 2 heterocycles. The van der Waals surface area contributed by atoms with Crippen molar-refractivity contribution in [2.75, 3.05) is 49.6 Å². The zero-order chi connectivity index (χ0) is 23.5. The maximum atomic E-state index is 12.7. The molecule has 0 saturated carbocycles. The van der Waals surface area contributed by atoms with Crippen LogP contribution in [-0.2, 0) is 9.59 Å². The summed E-state index contributed by atoms with van der Waals surface area (Å²) in [4.78, 5) is 41.6. The molecule has 1 saturated heterocycles. The number of carbonyl (C=O) groups is 2. The van der Waals surface area contributed by atoms with Gasteiger partial charge in [0.15, 0.2) is 0 Å². The zero-order valence-corrected chi connectivity index (χ0v) is 19.8. The van der Waals surface area contributed by atoms with Crippen LogP contribution in [0.2, 0.25) is 0 Å². The summed E-state index contributed by atoms with van der Waals surface area (Å²) >= 11 is 0. The van der Waals surface area contributed by atoms with Crippen LogP contribution in [0.5, 0.6) is 0 Å². The number of rotatable bonds is 13. The topological polar surface area (TPSA) is 127 Å². The van der Waals surface area contributed by atoms with Crippen LogP contribution in [0.1, 0.15) is 65.1 Å². The Hall–Kier alpha value is -2.53. The predicted octanol–water partition coefficient (Wildman–Crippen LogP) is 1.62. The largest absolute Gasteiger partial charge is 0.338 e. The van der Waals surface area contributed by atoms with Gasteiger partial charge in [-0.05, 0) is 13.0 Å². The molecule has 1 unspecified atom stereocenters. The lowest BCUT2D eigenvalue weighted by Crippen LogP contribution is -2.47. The number of amides is 2. The van der Waals surface area contributed by atoms with Gasteiger partial charge in [0.05, 0.1) is 12.5 Å². The molecule has 1 aliphatic heterocycles. The first-order chi connectivity index (χ1) is 15.4. The fourth-order valence-corrected chi connectivity index (χ4v) is 3.53. The SMILES string of the molecule is CCCCCC(CN(O)C=O)C(=O)NNc1nc(C(C)C)nc(N2CCN(CC)CC2)n1. The second kappa shape index (κ2) is 13.1. The molecule has 11 heteroatoms. The molecular formula is C21H38N8O3. The lowest BCUT2D eigenvalue weighted by molar-refractivity contribution is -0.154. The van der Waals surface area contributed by atoms with E-state index in [-0.39, 0.29) is 24.3 Å². The molecule has 1 aliphatic rings. The molecule has 0 aromatic carbocycles. The molecule has 0 radical (unpaired) electrons. The molecule has 11 nitrogen and oxygen atoms in total. The highest BCUT2D eigenvalue weighted by Crippen LogP contribution is 2.18. The second-order valence-electron chi connectivity index (χ2n) is 8.43. The highest BCUT2D eigenvalue weighted by atomic mass is 16.5. The Labute approximate surface area is 190 Å². The number of carbonyl (C=O) groups excluding carboxylic acids is 2. The normalized spacial score (nSPS) is 15.5. The molecule has 1 atom stereocenters. The van der Waals surface area contributed by atoms with Crippen LogP contribution in [-0.4, -0.2) is 81.7 Å². The highest BCUT2D eigenvalue weighted by molar-refractivity contribution is 5.80. The number of likely N-dealkylation sites (N-methyl/N-ethyl adjacent to an activating group) is 1. The molecule has 2 rings (SSSR count). The van der Waals surface area contributed by atoms with Gasteiger partial charge in [-0.2, -0.15) is 15.0 Å². The monoisotopic (exact) mass is 450 g/mol. The predicted molar refractivity (Wildman–Crippen MR) is 122 cm³/mol. The first-order valence-corrected chi connectivity index (χ1v) is 11.6. The van der Waals surface area contributed by atoms with E-state index in [1.807, 2.05) is 13.8 Å². The van der Waals surface area contributed by atoms with E-state index >= 15 is 0 Å². The van der Waals surface area contributed by atoms with Crippen molar-refractivity contribution in [3.8, 4) is 0 Å². The Kier molecular flexibility index (Phi) is 10.5. The van der Waals surface area contributed by atoms with Crippen molar-refractivity contribution in [2.45, 2.75) is 59.3 Å². The molecular weight excluding hydrogens is 412 g/mol. The molecule has 1 aromatic rings. The quantitative estimate of drug-likeness (QED) is 0.178. The lowest BCUT2D eigenvalue weighted by Gasteiger charge is -2.34. The number of hydrogen-bond acceptors (Lipinski definition) is 9. The molecule has 180 valence electrons. The van der Waals surface area contributed by atoms with E-state index in [1.54, 1.807) is 0 Å². The number of aromatic nitrogens is 3. The molecule has 1 fully saturated rings. The average molecular weight is 451 g/mol. The smallest absolute Gasteiger partial charge is 0.246 e. The first-order valence-electron chi connectivity index (χ1n) is 11.6. The summed E-state index contributed by atoms with van der Waals surface area (Å²) in [6.45, 7) is 12.8. The van der Waals surface area contributed by atoms with Crippen LogP contribution in [0.15, 0.2) is 0 Å². The van der Waals surface area contributed by atoms with Crippen molar-refractivity contribution in [3.63, 3.8) is 0 Å². The van der Waals surface area contributed by atoms with E-state index in [0.717, 1.165) is 52.0 Å². The lowest BCUT2D eigenvalue weighted by atomic mass is 10.0. The third-order valence-electron chi connectivity index (χ3n) is 5.61. The molecule has 1 aromatic heterocycles. The van der Waals surface area contributed by atoms with Crippen molar-refractivity contribution in [1.29, 1.82) is 0 Å². The van der Waals surface area contributed by atoms with Crippen molar-refractivity contribution >= 4 is 24.2 Å². The third kappa shape index (κ3) is 7.86. The van der Waals surface area contributed by atoms with Gasteiger partial charge in [0.2, 0.25) is 24.2 Å². The maximum absolute atomic E-state index is 12.7. The minimum atomic E-state index is -0.544. The Morgan fingerprint density at radius 2 is 1.88 bits per heavy atom. The molecule has 0 aliphatic carbocycles. The van der Waals surface area contributed by atoms with Gasteiger partial charge in [-0.3, -0.25) is 25.6 Å². The number of nitrogens with one attached hydrogen (secondary N) is 2. The van der Waals surface area contributed by atoms with Gasteiger partial charge in [-0.1, -0.05) is 47.0 Å². The van der Waals surface area contributed by atoms with E-state index in [0.29, 0.717) is 29.7 Å². The van der Waals surface area contributed by atoms with E-state index in [2.05, 4.69) is 49.5 Å². The van der Waals surface area contributed by atoms with Gasteiger partial charge in [0, 0.05) is 32.1 Å². The Bertz CT molecular complexity index is 725. The van der Waals surface area contributed by atoms with Gasteiger partial charge in [-0.25, -0.2) is 5.06 Å². The van der Waals surface area contributed by atoms with Crippen LogP contribution in [0.3, 0.4) is 0 Å². The fourth-order valence-electron chi connectivity index (χ4n) is 3.53. The summed E-state index contributed by atoms with van der Waals surface area (Å²) in [6.07, 6.45) is 3.69. The summed E-state index contributed by atoms with van der Waals surface area (Å²) in [6, 6.07) is 0. The van der Waals surface area contributed by atoms with E-state index in [4.69, 9.17) is 0 Å². The van der Waals surface area contributed by atoms with Crippen LogP contribution in [0, 0.1) is 5.92 Å². The van der Waals surface area contributed by atoms with Gasteiger partial charge < -0.3 is 9.80 Å². The van der Waals surface area contributed by atoms with Gasteiger partial charge in [-0.15, -0.1) is 0 Å². The fraction of sp³-hybridized carbons (Fsp3) is 0.762. The summed E-state index contributed by atoms with van der Waals surface area (Å²) in [5.74, 6) is 0.740. The van der Waals surface area contributed by atoms with Crippen molar-refractivity contribution in [1.82, 2.24) is 30.3 Å². The Balaban J connectivity index is 2.08. The second-order valence-corrected chi connectivity index (χ2v) is 8.43. The summed E-state index contributed by atoms with van der Waals surface area (Å²) in [5, 5.41) is 10.1. The number of anilines is 2. The van der Waals surface area contributed by atoms with Crippen LogP contribution >= 0.6 is 0 Å². The average Bonchev–Trinajstić information content (AvgIpc) is 2.81. The van der Waals surface area contributed by atoms with E-state index in [1.165, 1.54) is 0 Å². The van der Waals surface area contributed by atoms with Crippen LogP contribution in [0.25, 0.3) is 0 Å². The Morgan fingerprint density at radius 3 is 2.47 bits per heavy atom. The van der Waals surface area contributed by atoms with Crippen LogP contribution in [0.4, 0.5) is 11.9 Å². The summed E-state index contributed by atoms with van der Waals surface area (Å²) in [7, 11) is 0. The molecule has 3 N–H and O–H groups in total. The zero-order valence-electron chi connectivity index (χ0n) is 19.8. The number of piperazine rings is 1. The minimum absolute atomic E-state index is 0.0673. The molecule has 0 bridgehead atoms. The molecule has 2 amide bonds. The van der Waals surface area contributed by atoms with Crippen molar-refractivity contribution in [3.05, 3.63) is 5.82 Å². The number of unbranched alkanes of at least 4 members (excludes halogenated alkanes) is 2. The van der Waals surface area contributed by atoms with Crippen molar-refractivity contribution < 1.29 is 14.8 Å². The van der Waals surface area contributed by atoms with Gasteiger partial charge in [0.25, 0.3) is 0 Å². The van der Waals surface area contributed by atoms with Crippen LogP contribution < -0.4 is 15.8 Å². The number of hydrogen-bond donors (Lipinski definition) is 3. The van der Waals surface area contributed by atoms with E-state index in [9.17, 15) is 14.8 Å². The van der Waals surface area contributed by atoms with Gasteiger partial charge in [0.1, 0.15) is 5.82 Å². The van der Waals surface area contributed by atoms with Crippen molar-refractivity contribution in [2.24, 2.45) is 5.92 Å². The number of nitrogens with zero attached hydrogens (tertiary/aromatic N) is 6.